The first-order valence-corrected chi connectivity index (χ1v) is 7.22. The molecule has 0 radical (unpaired) electrons. The molecule has 5 nitrogen and oxygen atoms in total. The van der Waals surface area contributed by atoms with Crippen LogP contribution in [0.3, 0.4) is 0 Å². The average Bonchev–Trinajstić information content (AvgIpc) is 2.87. The van der Waals surface area contributed by atoms with E-state index in [9.17, 15) is 9.59 Å². The van der Waals surface area contributed by atoms with Crippen molar-refractivity contribution in [3.8, 4) is 0 Å². The fourth-order valence-corrected chi connectivity index (χ4v) is 2.52. The summed E-state index contributed by atoms with van der Waals surface area (Å²) in [7, 11) is 1.67. The molecule has 5 heteroatoms. The predicted molar refractivity (Wildman–Crippen MR) is 79.3 cm³/mol. The van der Waals surface area contributed by atoms with Crippen LogP contribution in [-0.2, 0) is 16.1 Å². The van der Waals surface area contributed by atoms with Crippen molar-refractivity contribution in [1.82, 2.24) is 9.80 Å². The quantitative estimate of drug-likeness (QED) is 0.875. The van der Waals surface area contributed by atoms with Gasteiger partial charge in [0.1, 0.15) is 0 Å². The van der Waals surface area contributed by atoms with Crippen LogP contribution in [0.5, 0.6) is 0 Å². The highest BCUT2D eigenvalue weighted by atomic mass is 16.3. The van der Waals surface area contributed by atoms with E-state index in [1.54, 1.807) is 18.9 Å². The second-order valence-corrected chi connectivity index (χ2v) is 5.64. The molecule has 2 atom stereocenters. The summed E-state index contributed by atoms with van der Waals surface area (Å²) < 4.78 is 0. The summed E-state index contributed by atoms with van der Waals surface area (Å²) in [4.78, 5) is 27.6. The number of likely N-dealkylation sites (N-methyl/N-ethyl adjacent to an activating group) is 1. The summed E-state index contributed by atoms with van der Waals surface area (Å²) >= 11 is 0. The highest BCUT2D eigenvalue weighted by Gasteiger charge is 2.36. The first-order chi connectivity index (χ1) is 10.0. The number of hydrogen-bond acceptors (Lipinski definition) is 3. The molecule has 1 aliphatic rings. The Labute approximate surface area is 125 Å². The van der Waals surface area contributed by atoms with E-state index in [2.05, 4.69) is 0 Å². The number of carbonyl (C=O) groups excluding carboxylic acids is 2. The van der Waals surface area contributed by atoms with Crippen molar-refractivity contribution in [2.75, 3.05) is 20.2 Å². The van der Waals surface area contributed by atoms with Crippen molar-refractivity contribution in [3.63, 3.8) is 0 Å². The van der Waals surface area contributed by atoms with Crippen LogP contribution in [-0.4, -0.2) is 53.0 Å². The van der Waals surface area contributed by atoms with E-state index in [4.69, 9.17) is 5.11 Å². The second-order valence-electron chi connectivity index (χ2n) is 5.64. The number of benzene rings is 1. The van der Waals surface area contributed by atoms with Crippen LogP contribution < -0.4 is 0 Å². The Balaban J connectivity index is 1.98. The molecule has 1 aliphatic heterocycles. The van der Waals surface area contributed by atoms with Gasteiger partial charge >= 0.3 is 0 Å². The molecule has 0 bridgehead atoms. The van der Waals surface area contributed by atoms with Gasteiger partial charge in [-0.1, -0.05) is 30.3 Å². The van der Waals surface area contributed by atoms with E-state index in [1.807, 2.05) is 30.3 Å². The van der Waals surface area contributed by atoms with E-state index in [0.717, 1.165) is 5.56 Å². The number of aliphatic hydroxyl groups is 1. The maximum absolute atomic E-state index is 12.3. The second kappa shape index (κ2) is 6.72. The fraction of sp³-hybridized carbons (Fsp3) is 0.500. The Morgan fingerprint density at radius 1 is 1.43 bits per heavy atom. The van der Waals surface area contributed by atoms with Crippen molar-refractivity contribution in [1.29, 1.82) is 0 Å². The summed E-state index contributed by atoms with van der Waals surface area (Å²) in [5.41, 5.74) is 1.07. The van der Waals surface area contributed by atoms with Crippen LogP contribution in [0.15, 0.2) is 30.3 Å². The van der Waals surface area contributed by atoms with E-state index >= 15 is 0 Å². The van der Waals surface area contributed by atoms with Gasteiger partial charge in [0, 0.05) is 26.6 Å². The minimum atomic E-state index is -0.305. The topological polar surface area (TPSA) is 60.9 Å². The maximum atomic E-state index is 12.3. The third-order valence-electron chi connectivity index (χ3n) is 4.05. The third kappa shape index (κ3) is 3.61. The van der Waals surface area contributed by atoms with Gasteiger partial charge in [-0.05, 0) is 12.5 Å². The average molecular weight is 290 g/mol. The van der Waals surface area contributed by atoms with Gasteiger partial charge in [0.25, 0.3) is 0 Å². The Kier molecular flexibility index (Phi) is 4.96. The van der Waals surface area contributed by atoms with Gasteiger partial charge in [-0.25, -0.2) is 0 Å². The number of aliphatic hydroxyl groups excluding tert-OH is 1. The van der Waals surface area contributed by atoms with Gasteiger partial charge < -0.3 is 14.9 Å². The number of nitrogens with zero attached hydrogens (tertiary/aromatic N) is 2. The number of amides is 2. The lowest BCUT2D eigenvalue weighted by molar-refractivity contribution is -0.137. The highest BCUT2D eigenvalue weighted by Crippen LogP contribution is 2.22. The Bertz CT molecular complexity index is 504. The standard InChI is InChI=1S/C16H22N2O3/c1-12(11-19)17(2)16(21)14-8-15(20)18(10-14)9-13-6-4-3-5-7-13/h3-7,12,14,19H,8-11H2,1-2H3. The Hall–Kier alpha value is -1.88. The molecule has 114 valence electrons. The SMILES string of the molecule is CC(CO)N(C)C(=O)C1CC(=O)N(Cc2ccccc2)C1. The molecule has 1 fully saturated rings. The Morgan fingerprint density at radius 2 is 2.10 bits per heavy atom. The van der Waals surface area contributed by atoms with Gasteiger partial charge in [-0.2, -0.15) is 0 Å². The minimum Gasteiger partial charge on any atom is -0.394 e. The molecule has 1 aromatic carbocycles. The van der Waals surface area contributed by atoms with Gasteiger partial charge in [0.2, 0.25) is 11.8 Å². The molecule has 1 N–H and O–H groups in total. The molecule has 1 heterocycles. The van der Waals surface area contributed by atoms with Crippen LogP contribution in [0.1, 0.15) is 18.9 Å². The van der Waals surface area contributed by atoms with E-state index in [0.29, 0.717) is 13.1 Å². The lowest BCUT2D eigenvalue weighted by atomic mass is 10.1. The molecular weight excluding hydrogens is 268 g/mol. The van der Waals surface area contributed by atoms with Crippen molar-refractivity contribution in [2.45, 2.75) is 25.9 Å². The third-order valence-corrected chi connectivity index (χ3v) is 4.05. The largest absolute Gasteiger partial charge is 0.394 e. The van der Waals surface area contributed by atoms with Gasteiger partial charge in [-0.15, -0.1) is 0 Å². The maximum Gasteiger partial charge on any atom is 0.228 e. The molecular formula is C16H22N2O3. The van der Waals surface area contributed by atoms with E-state index in [1.165, 1.54) is 4.90 Å². The molecule has 21 heavy (non-hydrogen) atoms. The predicted octanol–water partition coefficient (Wildman–Crippen LogP) is 0.874. The molecule has 0 saturated carbocycles. The lowest BCUT2D eigenvalue weighted by Crippen LogP contribution is -2.41. The van der Waals surface area contributed by atoms with Crippen LogP contribution in [0.2, 0.25) is 0 Å². The summed E-state index contributed by atoms with van der Waals surface area (Å²) in [5, 5.41) is 9.12. The van der Waals surface area contributed by atoms with Crippen LogP contribution in [0.25, 0.3) is 0 Å². The summed E-state index contributed by atoms with van der Waals surface area (Å²) in [6.45, 7) is 2.71. The number of rotatable bonds is 5. The van der Waals surface area contributed by atoms with E-state index in [-0.39, 0.29) is 36.8 Å². The summed E-state index contributed by atoms with van der Waals surface area (Å²) in [6, 6.07) is 9.54. The zero-order valence-corrected chi connectivity index (χ0v) is 12.5. The minimum absolute atomic E-state index is 0.0160. The molecule has 0 aromatic heterocycles. The molecule has 0 aliphatic carbocycles. The number of carbonyl (C=O) groups is 2. The van der Waals surface area contributed by atoms with Crippen molar-refractivity contribution in [2.24, 2.45) is 5.92 Å². The van der Waals surface area contributed by atoms with Crippen LogP contribution >= 0.6 is 0 Å². The molecule has 1 aromatic rings. The van der Waals surface area contributed by atoms with Crippen LogP contribution in [0.4, 0.5) is 0 Å². The molecule has 1 saturated heterocycles. The lowest BCUT2D eigenvalue weighted by Gasteiger charge is -2.26. The first kappa shape index (κ1) is 15.5. The zero-order valence-electron chi connectivity index (χ0n) is 12.5. The van der Waals surface area contributed by atoms with E-state index < -0.39 is 0 Å². The zero-order chi connectivity index (χ0) is 15.4. The Morgan fingerprint density at radius 3 is 2.71 bits per heavy atom. The summed E-state index contributed by atoms with van der Waals surface area (Å²) in [6.07, 6.45) is 0.258. The van der Waals surface area contributed by atoms with Crippen molar-refractivity contribution in [3.05, 3.63) is 35.9 Å². The molecule has 2 unspecified atom stereocenters. The van der Waals surface area contributed by atoms with Gasteiger partial charge in [0.15, 0.2) is 0 Å². The van der Waals surface area contributed by atoms with Crippen LogP contribution in [0, 0.1) is 5.92 Å². The molecule has 2 rings (SSSR count). The molecule has 2 amide bonds. The monoisotopic (exact) mass is 290 g/mol. The number of likely N-dealkylation sites (tertiary alicyclic amines) is 1. The number of hydrogen-bond donors (Lipinski definition) is 1. The van der Waals surface area contributed by atoms with Gasteiger partial charge in [-0.3, -0.25) is 9.59 Å². The highest BCUT2D eigenvalue weighted by molar-refractivity contribution is 5.89. The normalized spacial score (nSPS) is 19.7. The first-order valence-electron chi connectivity index (χ1n) is 7.22. The molecule has 0 spiro atoms. The fourth-order valence-electron chi connectivity index (χ4n) is 2.52. The van der Waals surface area contributed by atoms with Crippen molar-refractivity contribution >= 4 is 11.8 Å². The van der Waals surface area contributed by atoms with Crippen molar-refractivity contribution < 1.29 is 14.7 Å². The summed E-state index contributed by atoms with van der Waals surface area (Å²) in [5.74, 6) is -0.358. The van der Waals surface area contributed by atoms with Gasteiger partial charge in [0.05, 0.1) is 18.6 Å². The smallest absolute Gasteiger partial charge is 0.228 e.